The van der Waals surface area contributed by atoms with Crippen molar-refractivity contribution >= 4 is 108 Å². The first kappa shape index (κ1) is 26.6. The van der Waals surface area contributed by atoms with E-state index in [0.717, 1.165) is 55.0 Å². The molecule has 0 fully saturated rings. The first-order valence-electron chi connectivity index (χ1n) is 16.8. The van der Waals surface area contributed by atoms with Crippen molar-refractivity contribution in [3.8, 4) is 22.3 Å². The number of benzene rings is 8. The van der Waals surface area contributed by atoms with E-state index in [2.05, 4.69) is 121 Å². The zero-order valence-electron chi connectivity index (χ0n) is 26.5. The van der Waals surface area contributed by atoms with Crippen molar-refractivity contribution in [3.05, 3.63) is 146 Å². The summed E-state index contributed by atoms with van der Waals surface area (Å²) in [6, 6.07) is 50.0. The number of furan rings is 3. The Hall–Kier alpha value is -6.36. The van der Waals surface area contributed by atoms with Crippen molar-refractivity contribution in [3.63, 3.8) is 0 Å². The average molecular weight is 657 g/mol. The summed E-state index contributed by atoms with van der Waals surface area (Å²) in [6.07, 6.45) is 1.79. The van der Waals surface area contributed by atoms with Gasteiger partial charge in [-0.3, -0.25) is 0 Å². The fourth-order valence-corrected chi connectivity index (χ4v) is 9.69. The summed E-state index contributed by atoms with van der Waals surface area (Å²) in [4.78, 5) is 0. The molecule has 4 heterocycles. The Kier molecular flexibility index (Phi) is 5.12. The van der Waals surface area contributed by atoms with Gasteiger partial charge in [-0.25, -0.2) is 0 Å². The molecule has 0 amide bonds. The second kappa shape index (κ2) is 9.63. The average Bonchev–Trinajstić information content (AvgIpc) is 3.95. The predicted octanol–water partition coefficient (Wildman–Crippen LogP) is 14.2. The van der Waals surface area contributed by atoms with Crippen molar-refractivity contribution in [1.82, 2.24) is 0 Å². The van der Waals surface area contributed by atoms with Crippen LogP contribution in [0.3, 0.4) is 0 Å². The molecule has 3 nitrogen and oxygen atoms in total. The number of rotatable bonds is 2. The maximum atomic E-state index is 6.68. The zero-order valence-corrected chi connectivity index (χ0v) is 27.3. The van der Waals surface area contributed by atoms with Gasteiger partial charge in [0.1, 0.15) is 16.7 Å². The highest BCUT2D eigenvalue weighted by atomic mass is 32.1. The molecule has 0 spiro atoms. The van der Waals surface area contributed by atoms with Gasteiger partial charge in [0.25, 0.3) is 0 Å². The maximum absolute atomic E-state index is 6.68. The van der Waals surface area contributed by atoms with Crippen LogP contribution in [0.5, 0.6) is 0 Å². The molecular formula is C46H24O3S. The van der Waals surface area contributed by atoms with Crippen LogP contribution < -0.4 is 0 Å². The van der Waals surface area contributed by atoms with Crippen molar-refractivity contribution in [2.24, 2.45) is 0 Å². The lowest BCUT2D eigenvalue weighted by Crippen LogP contribution is -1.91. The minimum Gasteiger partial charge on any atom is -0.464 e. The van der Waals surface area contributed by atoms with Gasteiger partial charge in [0.15, 0.2) is 11.2 Å². The minimum atomic E-state index is 0.791. The summed E-state index contributed by atoms with van der Waals surface area (Å²) >= 11 is 1.84. The highest BCUT2D eigenvalue weighted by Gasteiger charge is 2.22. The Balaban J connectivity index is 1.15. The third-order valence-corrected chi connectivity index (χ3v) is 11.8. The summed E-state index contributed by atoms with van der Waals surface area (Å²) in [5.74, 6) is 0. The fourth-order valence-electron chi connectivity index (χ4n) is 8.44. The highest BCUT2D eigenvalue weighted by Crippen LogP contribution is 2.49. The summed E-state index contributed by atoms with van der Waals surface area (Å²) in [6.45, 7) is 0. The van der Waals surface area contributed by atoms with Gasteiger partial charge in [-0.1, -0.05) is 84.9 Å². The van der Waals surface area contributed by atoms with Crippen LogP contribution in [-0.4, -0.2) is 0 Å². The molecule has 0 N–H and O–H groups in total. The second-order valence-electron chi connectivity index (χ2n) is 13.1. The third kappa shape index (κ3) is 3.43. The molecule has 0 aliphatic carbocycles. The SMILES string of the molecule is c1ccc2c(c1)oc1c2ccc2c3ccc(-c4c5ccccc5c(-c5cccc6sc7c8ccoc8ccc7c56)c5ccccc45)cc3oc21. The molecule has 12 aromatic rings. The van der Waals surface area contributed by atoms with Crippen LogP contribution in [0, 0.1) is 0 Å². The lowest BCUT2D eigenvalue weighted by Gasteiger charge is -2.18. The second-order valence-corrected chi connectivity index (χ2v) is 14.2. The van der Waals surface area contributed by atoms with E-state index in [1.165, 1.54) is 63.8 Å². The summed E-state index contributed by atoms with van der Waals surface area (Å²) < 4.78 is 21.4. The molecular weight excluding hydrogens is 633 g/mol. The van der Waals surface area contributed by atoms with E-state index in [1.807, 2.05) is 29.5 Å². The van der Waals surface area contributed by atoms with Crippen molar-refractivity contribution in [1.29, 1.82) is 0 Å². The maximum Gasteiger partial charge on any atom is 0.178 e. The fraction of sp³-hybridized carbons (Fsp3) is 0. The van der Waals surface area contributed by atoms with Crippen molar-refractivity contribution in [2.45, 2.75) is 0 Å². The van der Waals surface area contributed by atoms with E-state index >= 15 is 0 Å². The van der Waals surface area contributed by atoms with E-state index in [-0.39, 0.29) is 0 Å². The van der Waals surface area contributed by atoms with E-state index in [1.54, 1.807) is 6.26 Å². The smallest absolute Gasteiger partial charge is 0.178 e. The van der Waals surface area contributed by atoms with Gasteiger partial charge in [0.2, 0.25) is 0 Å². The number of thiophene rings is 1. The molecule has 8 aromatic carbocycles. The molecule has 12 rings (SSSR count). The lowest BCUT2D eigenvalue weighted by atomic mass is 9.85. The van der Waals surface area contributed by atoms with Gasteiger partial charge in [-0.15, -0.1) is 11.3 Å². The first-order valence-corrected chi connectivity index (χ1v) is 17.6. The summed E-state index contributed by atoms with van der Waals surface area (Å²) in [7, 11) is 0. The number of hydrogen-bond acceptors (Lipinski definition) is 4. The monoisotopic (exact) mass is 656 g/mol. The Morgan fingerprint density at radius 1 is 0.400 bits per heavy atom. The quantitative estimate of drug-likeness (QED) is 0.174. The van der Waals surface area contributed by atoms with Crippen LogP contribution in [0.2, 0.25) is 0 Å². The van der Waals surface area contributed by atoms with Crippen molar-refractivity contribution < 1.29 is 13.3 Å². The largest absolute Gasteiger partial charge is 0.464 e. The van der Waals surface area contributed by atoms with E-state index in [9.17, 15) is 0 Å². The Labute approximate surface area is 288 Å². The highest BCUT2D eigenvalue weighted by molar-refractivity contribution is 7.26. The molecule has 232 valence electrons. The molecule has 0 aliphatic rings. The topological polar surface area (TPSA) is 39.4 Å². The van der Waals surface area contributed by atoms with Gasteiger partial charge < -0.3 is 13.3 Å². The molecule has 0 aliphatic heterocycles. The Morgan fingerprint density at radius 2 is 1.02 bits per heavy atom. The van der Waals surface area contributed by atoms with Crippen LogP contribution in [0.25, 0.3) is 119 Å². The van der Waals surface area contributed by atoms with E-state index in [4.69, 9.17) is 13.3 Å². The van der Waals surface area contributed by atoms with Crippen LogP contribution >= 0.6 is 11.3 Å². The summed E-state index contributed by atoms with van der Waals surface area (Å²) in [5.41, 5.74) is 9.07. The molecule has 0 unspecified atom stereocenters. The molecule has 0 bridgehead atoms. The van der Waals surface area contributed by atoms with Crippen LogP contribution in [0.1, 0.15) is 0 Å². The van der Waals surface area contributed by atoms with Gasteiger partial charge in [0.05, 0.1) is 6.26 Å². The van der Waals surface area contributed by atoms with Crippen LogP contribution in [0.4, 0.5) is 0 Å². The normalized spacial score (nSPS) is 12.4. The molecule has 4 heteroatoms. The standard InChI is InChI=1S/C46H24O3S/c1-3-11-30-28(9-1)41(25-16-17-27-33-19-18-32-26-8-5-6-14-38(26)48-44(32)45(33)49-39(27)24-25)29-10-2-4-12-31(29)42(30)35-13-7-15-40-43(35)36-20-21-37-34(22-23-47-37)46(36)50-40/h1-24H. The molecule has 0 saturated carbocycles. The molecule has 50 heavy (non-hydrogen) atoms. The van der Waals surface area contributed by atoms with E-state index in [0.29, 0.717) is 0 Å². The number of para-hydroxylation sites is 1. The predicted molar refractivity (Wildman–Crippen MR) is 210 cm³/mol. The first-order chi connectivity index (χ1) is 24.8. The van der Waals surface area contributed by atoms with Crippen LogP contribution in [0.15, 0.2) is 159 Å². The van der Waals surface area contributed by atoms with Gasteiger partial charge >= 0.3 is 0 Å². The number of fused-ring (bicyclic) bond motifs is 14. The molecule has 0 atom stereocenters. The number of hydrogen-bond donors (Lipinski definition) is 0. The molecule has 0 saturated heterocycles. The van der Waals surface area contributed by atoms with Gasteiger partial charge in [-0.05, 0) is 98.4 Å². The summed E-state index contributed by atoms with van der Waals surface area (Å²) in [5, 5.41) is 12.9. The van der Waals surface area contributed by atoms with Crippen LogP contribution in [-0.2, 0) is 0 Å². The Bertz CT molecular complexity index is 3330. The third-order valence-electron chi connectivity index (χ3n) is 10.6. The zero-order chi connectivity index (χ0) is 32.5. The lowest BCUT2D eigenvalue weighted by molar-refractivity contribution is 0.616. The molecule has 0 radical (unpaired) electrons. The van der Waals surface area contributed by atoms with E-state index < -0.39 is 0 Å². The van der Waals surface area contributed by atoms with Gasteiger partial charge in [0, 0.05) is 47.1 Å². The minimum absolute atomic E-state index is 0.791. The van der Waals surface area contributed by atoms with Gasteiger partial charge in [-0.2, -0.15) is 0 Å². The Morgan fingerprint density at radius 3 is 1.78 bits per heavy atom. The molecule has 4 aromatic heterocycles. The van der Waals surface area contributed by atoms with Crippen molar-refractivity contribution in [2.75, 3.05) is 0 Å².